The quantitative estimate of drug-likeness (QED) is 0.287. The lowest BCUT2D eigenvalue weighted by Gasteiger charge is -2.10. The molecule has 0 amide bonds. The first-order valence-electron chi connectivity index (χ1n) is 9.07. The normalized spacial score (nSPS) is 11.6. The van der Waals surface area contributed by atoms with Crippen molar-refractivity contribution < 1.29 is 18.3 Å². The molecule has 0 aliphatic heterocycles. The van der Waals surface area contributed by atoms with Crippen molar-refractivity contribution >= 4 is 32.4 Å². The largest absolute Gasteiger partial charge is 0.315 e. The second kappa shape index (κ2) is 11.2. The average Bonchev–Trinajstić information content (AvgIpc) is 2.65. The molecular formula is C18H24ClN3O5S. The van der Waals surface area contributed by atoms with E-state index < -0.39 is 15.1 Å². The number of rotatable bonds is 13. The Balaban J connectivity index is 1.69. The lowest BCUT2D eigenvalue weighted by Crippen LogP contribution is -2.25. The summed E-state index contributed by atoms with van der Waals surface area (Å²) in [6, 6.07) is 10.3. The molecule has 0 aromatic heterocycles. The van der Waals surface area contributed by atoms with Crippen molar-refractivity contribution in [1.29, 1.82) is 0 Å². The molecule has 0 bridgehead atoms. The van der Waals surface area contributed by atoms with Crippen LogP contribution in [0.25, 0.3) is 10.8 Å². The molecule has 0 aliphatic carbocycles. The summed E-state index contributed by atoms with van der Waals surface area (Å²) in [5.74, 6) is 0. The first-order valence-corrected chi connectivity index (χ1v) is 10.9. The minimum Gasteiger partial charge on any atom is -0.315 e. The number of hydrogen-bond acceptors (Lipinski definition) is 6. The number of nitrogens with one attached hydrogen (secondary N) is 2. The van der Waals surface area contributed by atoms with Gasteiger partial charge in [-0.2, -0.15) is 0 Å². The van der Waals surface area contributed by atoms with Crippen LogP contribution in [0.5, 0.6) is 0 Å². The summed E-state index contributed by atoms with van der Waals surface area (Å²) >= 11 is 6.15. The van der Waals surface area contributed by atoms with Crippen molar-refractivity contribution in [3.05, 3.63) is 51.5 Å². The van der Waals surface area contributed by atoms with Crippen molar-refractivity contribution in [2.45, 2.75) is 30.6 Å². The molecular weight excluding hydrogens is 406 g/mol. The maximum absolute atomic E-state index is 12.6. The third-order valence-electron chi connectivity index (χ3n) is 4.17. The van der Waals surface area contributed by atoms with Crippen molar-refractivity contribution in [3.8, 4) is 0 Å². The summed E-state index contributed by atoms with van der Waals surface area (Å²) in [5.41, 5.74) is 0. The highest BCUT2D eigenvalue weighted by Gasteiger charge is 2.17. The van der Waals surface area contributed by atoms with Crippen molar-refractivity contribution in [3.63, 3.8) is 0 Å². The van der Waals surface area contributed by atoms with Gasteiger partial charge in [-0.05, 0) is 31.5 Å². The van der Waals surface area contributed by atoms with E-state index in [4.69, 9.17) is 11.6 Å². The van der Waals surface area contributed by atoms with Gasteiger partial charge in [0.1, 0.15) is 6.61 Å². The molecule has 0 saturated heterocycles. The summed E-state index contributed by atoms with van der Waals surface area (Å²) < 4.78 is 27.9. The van der Waals surface area contributed by atoms with Gasteiger partial charge in [0, 0.05) is 28.9 Å². The van der Waals surface area contributed by atoms with E-state index in [2.05, 4.69) is 14.9 Å². The molecule has 0 heterocycles. The molecule has 28 heavy (non-hydrogen) atoms. The third-order valence-corrected chi connectivity index (χ3v) is 6.02. The minimum absolute atomic E-state index is 0.0359. The maximum Gasteiger partial charge on any atom is 0.294 e. The van der Waals surface area contributed by atoms with Gasteiger partial charge in [0.25, 0.3) is 5.09 Å². The number of sulfonamides is 1. The molecule has 0 radical (unpaired) electrons. The fraction of sp³-hybridized carbons (Fsp3) is 0.444. The van der Waals surface area contributed by atoms with Gasteiger partial charge in [-0.25, -0.2) is 13.1 Å². The Morgan fingerprint density at radius 1 is 0.964 bits per heavy atom. The van der Waals surface area contributed by atoms with Gasteiger partial charge < -0.3 is 10.2 Å². The molecule has 0 atom stereocenters. The Morgan fingerprint density at radius 2 is 1.64 bits per heavy atom. The standard InChI is InChI=1S/C18H24ClN3O5S/c19-17-9-5-8-16-15(17)7-6-10-18(16)28(25,26)21-12-4-2-1-3-11-20-13-14-27-22(23)24/h5-10,20-21H,1-4,11-14H2. The zero-order valence-electron chi connectivity index (χ0n) is 15.4. The smallest absolute Gasteiger partial charge is 0.294 e. The van der Waals surface area contributed by atoms with Crippen molar-refractivity contribution in [2.75, 3.05) is 26.2 Å². The van der Waals surface area contributed by atoms with Crippen LogP contribution in [0, 0.1) is 10.1 Å². The number of hydrogen-bond donors (Lipinski definition) is 2. The zero-order chi connectivity index (χ0) is 20.4. The molecule has 2 rings (SSSR count). The van der Waals surface area contributed by atoms with E-state index in [-0.39, 0.29) is 11.5 Å². The Morgan fingerprint density at radius 3 is 2.39 bits per heavy atom. The van der Waals surface area contributed by atoms with E-state index >= 15 is 0 Å². The predicted octanol–water partition coefficient (Wildman–Crippen LogP) is 3.13. The van der Waals surface area contributed by atoms with Gasteiger partial charge in [0.15, 0.2) is 0 Å². The fourth-order valence-corrected chi connectivity index (χ4v) is 4.34. The first-order chi connectivity index (χ1) is 13.4. The number of benzene rings is 2. The molecule has 154 valence electrons. The van der Waals surface area contributed by atoms with Crippen LogP contribution in [0.1, 0.15) is 25.7 Å². The molecule has 0 spiro atoms. The lowest BCUT2D eigenvalue weighted by atomic mass is 10.1. The number of unbranched alkanes of at least 4 members (excludes halogenated alkanes) is 3. The molecule has 2 aromatic rings. The highest BCUT2D eigenvalue weighted by atomic mass is 35.5. The Hall–Kier alpha value is -1.94. The van der Waals surface area contributed by atoms with Crippen LogP contribution < -0.4 is 10.0 Å². The van der Waals surface area contributed by atoms with Crippen LogP contribution >= 0.6 is 11.6 Å². The van der Waals surface area contributed by atoms with Gasteiger partial charge >= 0.3 is 0 Å². The van der Waals surface area contributed by atoms with Crippen LogP contribution in [0.3, 0.4) is 0 Å². The molecule has 0 aliphatic rings. The number of nitrogens with zero attached hydrogens (tertiary/aromatic N) is 1. The van der Waals surface area contributed by atoms with Crippen LogP contribution in [0.4, 0.5) is 0 Å². The van der Waals surface area contributed by atoms with Crippen LogP contribution in [0.15, 0.2) is 41.3 Å². The van der Waals surface area contributed by atoms with E-state index in [1.165, 1.54) is 0 Å². The first kappa shape index (κ1) is 22.4. The van der Waals surface area contributed by atoms with Gasteiger partial charge in [-0.1, -0.05) is 48.7 Å². The van der Waals surface area contributed by atoms with Gasteiger partial charge in [-0.15, -0.1) is 10.1 Å². The van der Waals surface area contributed by atoms with E-state index in [1.807, 2.05) is 0 Å². The van der Waals surface area contributed by atoms with Crippen LogP contribution in [-0.2, 0) is 14.9 Å². The summed E-state index contributed by atoms with van der Waals surface area (Å²) in [5, 5.41) is 14.1. The highest BCUT2D eigenvalue weighted by Crippen LogP contribution is 2.28. The third kappa shape index (κ3) is 6.90. The Labute approximate surface area is 169 Å². The van der Waals surface area contributed by atoms with Crippen molar-refractivity contribution in [1.82, 2.24) is 10.0 Å². The second-order valence-electron chi connectivity index (χ2n) is 6.21. The van der Waals surface area contributed by atoms with E-state index in [0.29, 0.717) is 28.9 Å². The molecule has 2 aromatic carbocycles. The molecule has 0 unspecified atom stereocenters. The second-order valence-corrected chi connectivity index (χ2v) is 8.35. The van der Waals surface area contributed by atoms with Crippen LogP contribution in [0.2, 0.25) is 5.02 Å². The van der Waals surface area contributed by atoms with Gasteiger partial charge in [0.05, 0.1) is 4.90 Å². The van der Waals surface area contributed by atoms with Crippen LogP contribution in [-0.4, -0.2) is 39.7 Å². The SMILES string of the molecule is O=[N+]([O-])OCCNCCCCCCNS(=O)(=O)c1cccc2c(Cl)cccc12. The predicted molar refractivity (Wildman–Crippen MR) is 108 cm³/mol. The monoisotopic (exact) mass is 429 g/mol. The van der Waals surface area contributed by atoms with Gasteiger partial charge in [0.2, 0.25) is 10.0 Å². The molecule has 2 N–H and O–H groups in total. The summed E-state index contributed by atoms with van der Waals surface area (Å²) in [6.07, 6.45) is 3.47. The number of fused-ring (bicyclic) bond motifs is 1. The Bertz CT molecular complexity index is 892. The lowest BCUT2D eigenvalue weighted by molar-refractivity contribution is -0.757. The highest BCUT2D eigenvalue weighted by molar-refractivity contribution is 7.89. The average molecular weight is 430 g/mol. The molecule has 0 saturated carbocycles. The number of halogens is 1. The van der Waals surface area contributed by atoms with E-state index in [0.717, 1.165) is 32.2 Å². The minimum atomic E-state index is -3.61. The summed E-state index contributed by atoms with van der Waals surface area (Å²) in [4.78, 5) is 14.4. The zero-order valence-corrected chi connectivity index (χ0v) is 17.0. The topological polar surface area (TPSA) is 111 Å². The summed E-state index contributed by atoms with van der Waals surface area (Å²) in [7, 11) is -3.61. The Kier molecular flexibility index (Phi) is 8.91. The van der Waals surface area contributed by atoms with E-state index in [9.17, 15) is 18.5 Å². The van der Waals surface area contributed by atoms with E-state index in [1.54, 1.807) is 36.4 Å². The van der Waals surface area contributed by atoms with Gasteiger partial charge in [-0.3, -0.25) is 0 Å². The molecule has 0 fully saturated rings. The molecule has 8 nitrogen and oxygen atoms in total. The molecule has 10 heteroatoms. The van der Waals surface area contributed by atoms with Crippen molar-refractivity contribution in [2.24, 2.45) is 0 Å². The fourth-order valence-electron chi connectivity index (χ4n) is 2.81. The summed E-state index contributed by atoms with van der Waals surface area (Å²) in [6.45, 7) is 1.57. The maximum atomic E-state index is 12.6.